The predicted molar refractivity (Wildman–Crippen MR) is 87.2 cm³/mol. The molecule has 9 nitrogen and oxygen atoms in total. The Balaban J connectivity index is 2.60. The Kier molecular flexibility index (Phi) is 5.48. The van der Waals surface area contributed by atoms with Crippen molar-refractivity contribution in [1.29, 1.82) is 0 Å². The summed E-state index contributed by atoms with van der Waals surface area (Å²) in [4.78, 5) is 40.3. The molecule has 0 spiro atoms. The van der Waals surface area contributed by atoms with E-state index in [2.05, 4.69) is 4.99 Å². The molecule has 1 atom stereocenters. The summed E-state index contributed by atoms with van der Waals surface area (Å²) in [7, 11) is 2.49. The minimum Gasteiger partial charge on any atom is -0.476 e. The molecule has 0 aliphatic carbocycles. The number of nitrogens with zero attached hydrogens (tertiary/aromatic N) is 3. The Hall–Kier alpha value is -3.23. The first-order valence-corrected chi connectivity index (χ1v) is 7.34. The second kappa shape index (κ2) is 7.56. The number of amidine groups is 1. The average Bonchev–Trinajstić information content (AvgIpc) is 2.60. The smallest absolute Gasteiger partial charge is 0.331 e. The Morgan fingerprint density at radius 3 is 2.36 bits per heavy atom. The molecule has 1 heterocycles. The van der Waals surface area contributed by atoms with Crippen LogP contribution < -0.4 is 0 Å². The molecule has 0 aromatic heterocycles. The van der Waals surface area contributed by atoms with Crippen LogP contribution in [0.1, 0.15) is 23.7 Å². The van der Waals surface area contributed by atoms with Gasteiger partial charge < -0.3 is 9.47 Å². The maximum absolute atomic E-state index is 12.9. The molecule has 1 unspecified atom stereocenters. The summed E-state index contributed by atoms with van der Waals surface area (Å²) < 4.78 is 10.1. The molecular formula is C16H17N3O6. The van der Waals surface area contributed by atoms with Crippen molar-refractivity contribution in [3.8, 4) is 0 Å². The highest BCUT2D eigenvalue weighted by Crippen LogP contribution is 2.28. The second-order valence-electron chi connectivity index (χ2n) is 5.21. The quantitative estimate of drug-likeness (QED) is 0.590. The van der Waals surface area contributed by atoms with Crippen LogP contribution >= 0.6 is 0 Å². The van der Waals surface area contributed by atoms with Gasteiger partial charge >= 0.3 is 11.7 Å². The SMILES string of the molecule is COC1=NC(OC)=C([N+](=O)[O-])C(CC(C)=O)N1C(=O)c1ccccc1. The van der Waals surface area contributed by atoms with Gasteiger partial charge in [0.1, 0.15) is 11.8 Å². The average molecular weight is 347 g/mol. The van der Waals surface area contributed by atoms with Gasteiger partial charge in [-0.3, -0.25) is 19.7 Å². The summed E-state index contributed by atoms with van der Waals surface area (Å²) in [5, 5.41) is 11.5. The van der Waals surface area contributed by atoms with Crippen LogP contribution in [0.5, 0.6) is 0 Å². The van der Waals surface area contributed by atoms with E-state index in [4.69, 9.17) is 9.47 Å². The Labute approximate surface area is 143 Å². The van der Waals surface area contributed by atoms with Crippen LogP contribution in [0.15, 0.2) is 46.9 Å². The number of hydrogen-bond donors (Lipinski definition) is 0. The van der Waals surface area contributed by atoms with Gasteiger partial charge in [0.2, 0.25) is 0 Å². The molecule has 1 aliphatic rings. The number of aliphatic imine (C=N–C) groups is 1. The molecule has 0 N–H and O–H groups in total. The highest BCUT2D eigenvalue weighted by Gasteiger charge is 2.45. The topological polar surface area (TPSA) is 111 Å². The fourth-order valence-electron chi connectivity index (χ4n) is 2.50. The maximum atomic E-state index is 12.9. The fraction of sp³-hybridized carbons (Fsp3) is 0.312. The van der Waals surface area contributed by atoms with Crippen LogP contribution in [0.25, 0.3) is 0 Å². The number of ketones is 1. The van der Waals surface area contributed by atoms with E-state index in [1.165, 1.54) is 21.1 Å². The minimum atomic E-state index is -1.19. The van der Waals surface area contributed by atoms with E-state index in [1.807, 2.05) is 0 Å². The predicted octanol–water partition coefficient (Wildman–Crippen LogP) is 1.58. The van der Waals surface area contributed by atoms with Crippen LogP contribution in [-0.2, 0) is 14.3 Å². The highest BCUT2D eigenvalue weighted by atomic mass is 16.6. The van der Waals surface area contributed by atoms with Gasteiger partial charge in [0, 0.05) is 12.0 Å². The van der Waals surface area contributed by atoms with Crippen molar-refractivity contribution in [2.45, 2.75) is 19.4 Å². The summed E-state index contributed by atoms with van der Waals surface area (Å²) in [6.07, 6.45) is -0.274. The van der Waals surface area contributed by atoms with Gasteiger partial charge in [-0.15, -0.1) is 0 Å². The summed E-state index contributed by atoms with van der Waals surface area (Å²) in [5.41, 5.74) is -0.188. The van der Waals surface area contributed by atoms with Crippen molar-refractivity contribution in [2.24, 2.45) is 4.99 Å². The molecule has 0 saturated heterocycles. The number of methoxy groups -OCH3 is 2. The first-order valence-electron chi connectivity index (χ1n) is 7.34. The summed E-state index contributed by atoms with van der Waals surface area (Å²) in [6.45, 7) is 1.29. The van der Waals surface area contributed by atoms with Crippen LogP contribution in [-0.4, -0.2) is 47.8 Å². The van der Waals surface area contributed by atoms with Gasteiger partial charge in [-0.1, -0.05) is 18.2 Å². The highest BCUT2D eigenvalue weighted by molar-refractivity contribution is 6.05. The molecular weight excluding hydrogens is 330 g/mol. The van der Waals surface area contributed by atoms with E-state index in [0.29, 0.717) is 0 Å². The lowest BCUT2D eigenvalue weighted by molar-refractivity contribution is -0.435. The van der Waals surface area contributed by atoms with E-state index < -0.39 is 22.6 Å². The standard InChI is InChI=1S/C16H17N3O6/c1-10(20)9-12-13(19(22)23)14(24-2)17-16(25-3)18(12)15(21)11-7-5-4-6-8-11/h4-8,12H,9H2,1-3H3. The lowest BCUT2D eigenvalue weighted by Crippen LogP contribution is -2.50. The van der Waals surface area contributed by atoms with E-state index in [-0.39, 0.29) is 29.7 Å². The van der Waals surface area contributed by atoms with Gasteiger partial charge in [0.05, 0.1) is 19.1 Å². The van der Waals surface area contributed by atoms with E-state index in [0.717, 1.165) is 4.90 Å². The molecule has 2 rings (SSSR count). The van der Waals surface area contributed by atoms with Crippen molar-refractivity contribution in [1.82, 2.24) is 4.90 Å². The lowest BCUT2D eigenvalue weighted by Gasteiger charge is -2.31. The second-order valence-corrected chi connectivity index (χ2v) is 5.21. The van der Waals surface area contributed by atoms with Crippen molar-refractivity contribution in [2.75, 3.05) is 14.2 Å². The number of amides is 1. The van der Waals surface area contributed by atoms with Gasteiger partial charge in [-0.25, -0.2) is 4.90 Å². The molecule has 0 radical (unpaired) electrons. The van der Waals surface area contributed by atoms with Gasteiger partial charge in [-0.2, -0.15) is 4.99 Å². The zero-order valence-corrected chi connectivity index (χ0v) is 14.0. The van der Waals surface area contributed by atoms with Crippen LogP contribution in [0.4, 0.5) is 0 Å². The fourth-order valence-corrected chi connectivity index (χ4v) is 2.50. The molecule has 1 aliphatic heterocycles. The zero-order valence-electron chi connectivity index (χ0n) is 14.0. The number of ether oxygens (including phenoxy) is 2. The molecule has 0 bridgehead atoms. The Bertz CT molecular complexity index is 756. The number of carbonyl (C=O) groups excluding carboxylic acids is 2. The molecule has 25 heavy (non-hydrogen) atoms. The normalized spacial score (nSPS) is 17.0. The molecule has 1 amide bonds. The summed E-state index contributed by atoms with van der Waals surface area (Å²) in [5.74, 6) is -1.20. The third kappa shape index (κ3) is 3.65. The van der Waals surface area contributed by atoms with Gasteiger partial charge in [-0.05, 0) is 19.1 Å². The largest absolute Gasteiger partial charge is 0.476 e. The monoisotopic (exact) mass is 347 g/mol. The number of Topliss-reactive ketones (excluding diaryl/α,β-unsaturated/α-hetero) is 1. The number of hydrogen-bond acceptors (Lipinski definition) is 7. The summed E-state index contributed by atoms with van der Waals surface area (Å²) in [6, 6.07) is 6.79. The maximum Gasteiger partial charge on any atom is 0.331 e. The first kappa shape index (κ1) is 18.1. The Morgan fingerprint density at radius 2 is 1.88 bits per heavy atom. The number of benzene rings is 1. The third-order valence-electron chi connectivity index (χ3n) is 3.54. The number of carbonyl (C=O) groups is 2. The van der Waals surface area contributed by atoms with Gasteiger partial charge in [0.25, 0.3) is 11.8 Å². The summed E-state index contributed by atoms with van der Waals surface area (Å²) >= 11 is 0. The van der Waals surface area contributed by atoms with Crippen molar-refractivity contribution < 1.29 is 24.0 Å². The minimum absolute atomic E-state index is 0.178. The molecule has 1 aromatic rings. The number of rotatable bonds is 5. The molecule has 0 fully saturated rings. The third-order valence-corrected chi connectivity index (χ3v) is 3.54. The Morgan fingerprint density at radius 1 is 1.24 bits per heavy atom. The zero-order chi connectivity index (χ0) is 18.6. The van der Waals surface area contributed by atoms with Crippen molar-refractivity contribution in [3.05, 3.63) is 57.6 Å². The number of nitro groups is 1. The van der Waals surface area contributed by atoms with E-state index >= 15 is 0 Å². The van der Waals surface area contributed by atoms with Crippen LogP contribution in [0, 0.1) is 10.1 Å². The molecule has 1 aromatic carbocycles. The molecule has 9 heteroatoms. The molecule has 132 valence electrons. The van der Waals surface area contributed by atoms with Crippen LogP contribution in [0.3, 0.4) is 0 Å². The van der Waals surface area contributed by atoms with Crippen LogP contribution in [0.2, 0.25) is 0 Å². The van der Waals surface area contributed by atoms with Crippen molar-refractivity contribution in [3.63, 3.8) is 0 Å². The first-order chi connectivity index (χ1) is 11.9. The van der Waals surface area contributed by atoms with Crippen molar-refractivity contribution >= 4 is 17.7 Å². The lowest BCUT2D eigenvalue weighted by atomic mass is 10.0. The van der Waals surface area contributed by atoms with E-state index in [9.17, 15) is 19.7 Å². The molecule has 0 saturated carbocycles. The van der Waals surface area contributed by atoms with Gasteiger partial charge in [0.15, 0.2) is 0 Å². The van der Waals surface area contributed by atoms with E-state index in [1.54, 1.807) is 30.3 Å².